The second kappa shape index (κ2) is 4.00. The molecule has 0 spiro atoms. The normalized spacial score (nSPS) is 11.0. The maximum Gasteiger partial charge on any atom is 0.231 e. The third-order valence-corrected chi connectivity index (χ3v) is 2.56. The summed E-state index contributed by atoms with van der Waals surface area (Å²) in [5.74, 6) is 0.402. The van der Waals surface area contributed by atoms with E-state index >= 15 is 0 Å². The standard InChI is InChI=1S/C13H16N2O/c1-9(2)12-8-13(16)14-15(12)11-6-4-5-10(3)7-11/h4-9H,1-3H3,(H,14,16). The Morgan fingerprint density at radius 3 is 2.62 bits per heavy atom. The van der Waals surface area contributed by atoms with Crippen LogP contribution in [0.3, 0.4) is 0 Å². The Morgan fingerprint density at radius 2 is 2.00 bits per heavy atom. The first-order chi connectivity index (χ1) is 7.58. The van der Waals surface area contributed by atoms with Crippen LogP contribution in [0.2, 0.25) is 0 Å². The van der Waals surface area contributed by atoms with E-state index in [-0.39, 0.29) is 5.88 Å². The second-order valence-corrected chi connectivity index (χ2v) is 4.33. The number of rotatable bonds is 2. The molecular formula is C13H16N2O. The number of hydrogen-bond acceptors (Lipinski definition) is 2. The molecule has 1 aromatic heterocycles. The lowest BCUT2D eigenvalue weighted by molar-refractivity contribution is 0.447. The quantitative estimate of drug-likeness (QED) is 0.838. The van der Waals surface area contributed by atoms with Crippen LogP contribution in [0.5, 0.6) is 5.88 Å². The van der Waals surface area contributed by atoms with Gasteiger partial charge in [0.05, 0.1) is 11.4 Å². The Morgan fingerprint density at radius 1 is 1.25 bits per heavy atom. The van der Waals surface area contributed by atoms with E-state index in [1.807, 2.05) is 25.1 Å². The van der Waals surface area contributed by atoms with Gasteiger partial charge in [0, 0.05) is 6.07 Å². The van der Waals surface area contributed by atoms with Crippen molar-refractivity contribution in [3.8, 4) is 11.6 Å². The predicted octanol–water partition coefficient (Wildman–Crippen LogP) is 3.01. The van der Waals surface area contributed by atoms with E-state index in [1.165, 1.54) is 5.56 Å². The Balaban J connectivity index is 2.55. The van der Waals surface area contributed by atoms with Crippen molar-refractivity contribution in [2.75, 3.05) is 0 Å². The molecule has 1 N–H and O–H groups in total. The first-order valence-electron chi connectivity index (χ1n) is 5.44. The zero-order valence-electron chi connectivity index (χ0n) is 9.81. The molecule has 0 radical (unpaired) electrons. The molecule has 0 aliphatic heterocycles. The minimum Gasteiger partial charge on any atom is -0.492 e. The zero-order valence-corrected chi connectivity index (χ0v) is 9.81. The smallest absolute Gasteiger partial charge is 0.231 e. The molecule has 0 aliphatic rings. The molecule has 3 nitrogen and oxygen atoms in total. The van der Waals surface area contributed by atoms with Gasteiger partial charge in [-0.25, -0.2) is 4.68 Å². The van der Waals surface area contributed by atoms with Gasteiger partial charge in [-0.3, -0.25) is 0 Å². The van der Waals surface area contributed by atoms with E-state index in [0.717, 1.165) is 11.4 Å². The average Bonchev–Trinajstić information content (AvgIpc) is 2.60. The molecule has 2 aromatic rings. The molecular weight excluding hydrogens is 200 g/mol. The van der Waals surface area contributed by atoms with E-state index in [0.29, 0.717) is 5.92 Å². The molecule has 0 amide bonds. The predicted molar refractivity (Wildman–Crippen MR) is 64.1 cm³/mol. The number of benzene rings is 1. The number of aryl methyl sites for hydroxylation is 1. The molecule has 16 heavy (non-hydrogen) atoms. The van der Waals surface area contributed by atoms with Crippen LogP contribution in [0.15, 0.2) is 30.3 Å². The molecule has 84 valence electrons. The van der Waals surface area contributed by atoms with Crippen LogP contribution in [0.25, 0.3) is 5.69 Å². The lowest BCUT2D eigenvalue weighted by Gasteiger charge is -2.09. The van der Waals surface area contributed by atoms with Crippen molar-refractivity contribution in [2.45, 2.75) is 26.7 Å². The molecule has 3 heteroatoms. The molecule has 0 fully saturated rings. The third-order valence-electron chi connectivity index (χ3n) is 2.56. The third kappa shape index (κ3) is 1.94. The largest absolute Gasteiger partial charge is 0.492 e. The monoisotopic (exact) mass is 216 g/mol. The summed E-state index contributed by atoms with van der Waals surface area (Å²) < 4.78 is 1.80. The van der Waals surface area contributed by atoms with Gasteiger partial charge in [-0.05, 0) is 30.5 Å². The van der Waals surface area contributed by atoms with Crippen molar-refractivity contribution in [1.29, 1.82) is 0 Å². The van der Waals surface area contributed by atoms with E-state index in [9.17, 15) is 5.11 Å². The maximum atomic E-state index is 9.48. The van der Waals surface area contributed by atoms with Crippen LogP contribution >= 0.6 is 0 Å². The molecule has 1 aromatic carbocycles. The zero-order chi connectivity index (χ0) is 11.7. The van der Waals surface area contributed by atoms with E-state index < -0.39 is 0 Å². The molecule has 0 aliphatic carbocycles. The summed E-state index contributed by atoms with van der Waals surface area (Å²) in [6, 6.07) is 9.80. The van der Waals surface area contributed by atoms with Gasteiger partial charge in [0.1, 0.15) is 0 Å². The van der Waals surface area contributed by atoms with Crippen molar-refractivity contribution in [3.63, 3.8) is 0 Å². The highest BCUT2D eigenvalue weighted by atomic mass is 16.3. The van der Waals surface area contributed by atoms with Crippen molar-refractivity contribution >= 4 is 0 Å². The molecule has 0 unspecified atom stereocenters. The number of aromatic nitrogens is 2. The Bertz CT molecular complexity index is 500. The van der Waals surface area contributed by atoms with Gasteiger partial charge in [-0.15, -0.1) is 5.10 Å². The highest BCUT2D eigenvalue weighted by Gasteiger charge is 2.11. The summed E-state index contributed by atoms with van der Waals surface area (Å²) in [7, 11) is 0. The van der Waals surface area contributed by atoms with E-state index in [4.69, 9.17) is 0 Å². The van der Waals surface area contributed by atoms with Gasteiger partial charge in [0.25, 0.3) is 0 Å². The lowest BCUT2D eigenvalue weighted by Crippen LogP contribution is -2.03. The highest BCUT2D eigenvalue weighted by molar-refractivity contribution is 5.38. The SMILES string of the molecule is Cc1cccc(-n2nc(O)cc2C(C)C)c1. The van der Waals surface area contributed by atoms with E-state index in [2.05, 4.69) is 25.0 Å². The Kier molecular flexibility index (Phi) is 2.69. The fraction of sp³-hybridized carbons (Fsp3) is 0.308. The second-order valence-electron chi connectivity index (χ2n) is 4.33. The fourth-order valence-electron chi connectivity index (χ4n) is 1.76. The number of nitrogens with zero attached hydrogens (tertiary/aromatic N) is 2. The number of aromatic hydroxyl groups is 1. The topological polar surface area (TPSA) is 38.0 Å². The van der Waals surface area contributed by atoms with Crippen molar-refractivity contribution < 1.29 is 5.11 Å². The summed E-state index contributed by atoms with van der Waals surface area (Å²) in [4.78, 5) is 0. The Hall–Kier alpha value is -1.77. The molecule has 0 saturated heterocycles. The van der Waals surface area contributed by atoms with Crippen LogP contribution in [-0.4, -0.2) is 14.9 Å². The van der Waals surface area contributed by atoms with Gasteiger partial charge in [0.2, 0.25) is 5.88 Å². The van der Waals surface area contributed by atoms with Gasteiger partial charge >= 0.3 is 0 Å². The van der Waals surface area contributed by atoms with Crippen molar-refractivity contribution in [2.24, 2.45) is 0 Å². The van der Waals surface area contributed by atoms with Crippen LogP contribution in [0, 0.1) is 6.92 Å². The van der Waals surface area contributed by atoms with Crippen LogP contribution < -0.4 is 0 Å². The maximum absolute atomic E-state index is 9.48. The lowest BCUT2D eigenvalue weighted by atomic mass is 10.1. The summed E-state index contributed by atoms with van der Waals surface area (Å²) in [6.45, 7) is 6.22. The average molecular weight is 216 g/mol. The highest BCUT2D eigenvalue weighted by Crippen LogP contribution is 2.23. The number of hydrogen-bond donors (Lipinski definition) is 1. The molecule has 1 heterocycles. The summed E-state index contributed by atoms with van der Waals surface area (Å²) in [6.07, 6.45) is 0. The van der Waals surface area contributed by atoms with Gasteiger partial charge in [-0.2, -0.15) is 0 Å². The van der Waals surface area contributed by atoms with Crippen molar-refractivity contribution in [1.82, 2.24) is 9.78 Å². The molecule has 0 bridgehead atoms. The first-order valence-corrected chi connectivity index (χ1v) is 5.44. The minimum atomic E-state index is 0.0743. The first kappa shape index (κ1) is 10.7. The van der Waals surface area contributed by atoms with Gasteiger partial charge in [0.15, 0.2) is 0 Å². The summed E-state index contributed by atoms with van der Waals surface area (Å²) in [5, 5.41) is 13.6. The van der Waals surface area contributed by atoms with Crippen LogP contribution in [0.1, 0.15) is 31.0 Å². The Labute approximate surface area is 95.3 Å². The van der Waals surface area contributed by atoms with E-state index in [1.54, 1.807) is 10.7 Å². The molecule has 2 rings (SSSR count). The fourth-order valence-corrected chi connectivity index (χ4v) is 1.76. The van der Waals surface area contributed by atoms with Crippen LogP contribution in [-0.2, 0) is 0 Å². The minimum absolute atomic E-state index is 0.0743. The van der Waals surface area contributed by atoms with Crippen molar-refractivity contribution in [3.05, 3.63) is 41.6 Å². The molecule has 0 atom stereocenters. The van der Waals surface area contributed by atoms with Gasteiger partial charge in [-0.1, -0.05) is 26.0 Å². The summed E-state index contributed by atoms with van der Waals surface area (Å²) >= 11 is 0. The van der Waals surface area contributed by atoms with Gasteiger partial charge < -0.3 is 5.11 Å². The van der Waals surface area contributed by atoms with Crippen LogP contribution in [0.4, 0.5) is 0 Å². The summed E-state index contributed by atoms with van der Waals surface area (Å²) in [5.41, 5.74) is 3.19. The molecule has 0 saturated carbocycles.